The molecule has 90 valence electrons. The van der Waals surface area contributed by atoms with Crippen molar-refractivity contribution < 1.29 is 0 Å². The maximum absolute atomic E-state index is 6.08. The van der Waals surface area contributed by atoms with Crippen LogP contribution in [-0.4, -0.2) is 25.1 Å². The summed E-state index contributed by atoms with van der Waals surface area (Å²) >= 11 is 7.47. The first-order valence-corrected chi connectivity index (χ1v) is 6.34. The largest absolute Gasteiger partial charge is 0.262 e. The molecule has 7 heteroatoms. The summed E-state index contributed by atoms with van der Waals surface area (Å²) < 4.78 is 0. The fourth-order valence-electron chi connectivity index (χ4n) is 1.38. The van der Waals surface area contributed by atoms with Crippen molar-refractivity contribution in [2.75, 3.05) is 0 Å². The molecule has 0 saturated carbocycles. The number of hydrogen-bond donors (Lipinski definition) is 1. The lowest BCUT2D eigenvalue weighted by Crippen LogP contribution is -1.98. The van der Waals surface area contributed by atoms with Crippen LogP contribution in [0, 0.1) is 6.92 Å². The molecule has 0 radical (unpaired) electrons. The van der Waals surface area contributed by atoms with Gasteiger partial charge in [-0.15, -0.1) is 5.10 Å². The number of nitrogens with one attached hydrogen (secondary N) is 1. The van der Waals surface area contributed by atoms with Crippen molar-refractivity contribution in [3.63, 3.8) is 0 Å². The van der Waals surface area contributed by atoms with Gasteiger partial charge in [0.25, 0.3) is 0 Å². The van der Waals surface area contributed by atoms with E-state index in [1.165, 1.54) is 18.1 Å². The van der Waals surface area contributed by atoms with Crippen LogP contribution >= 0.6 is 23.4 Å². The lowest BCUT2D eigenvalue weighted by Gasteiger charge is -2.10. The molecule has 2 heterocycles. The van der Waals surface area contributed by atoms with Crippen LogP contribution in [0.1, 0.15) is 31.2 Å². The van der Waals surface area contributed by atoms with Crippen LogP contribution in [0.5, 0.6) is 0 Å². The predicted octanol–water partition coefficient (Wildman–Crippen LogP) is 2.83. The third kappa shape index (κ3) is 2.76. The minimum absolute atomic E-state index is 0.256. The van der Waals surface area contributed by atoms with Crippen molar-refractivity contribution >= 4 is 23.4 Å². The molecule has 0 aliphatic rings. The average Bonchev–Trinajstić information content (AvgIpc) is 2.63. The summed E-state index contributed by atoms with van der Waals surface area (Å²) in [6.45, 7) is 5.96. The van der Waals surface area contributed by atoms with Crippen molar-refractivity contribution in [2.24, 2.45) is 0 Å². The zero-order chi connectivity index (χ0) is 12.4. The molecule has 1 N–H and O–H groups in total. The van der Waals surface area contributed by atoms with Crippen LogP contribution < -0.4 is 0 Å². The van der Waals surface area contributed by atoms with Gasteiger partial charge < -0.3 is 0 Å². The van der Waals surface area contributed by atoms with Gasteiger partial charge in [0, 0.05) is 5.56 Å². The van der Waals surface area contributed by atoms with Gasteiger partial charge in [0.2, 0.25) is 5.16 Å². The van der Waals surface area contributed by atoms with E-state index < -0.39 is 0 Å². The predicted molar refractivity (Wildman–Crippen MR) is 66.4 cm³/mol. The van der Waals surface area contributed by atoms with Crippen LogP contribution in [0.3, 0.4) is 0 Å². The Morgan fingerprint density at radius 3 is 2.71 bits per heavy atom. The molecule has 5 nitrogen and oxygen atoms in total. The fraction of sp³-hybridized carbons (Fsp3) is 0.400. The highest BCUT2D eigenvalue weighted by molar-refractivity contribution is 7.99. The first kappa shape index (κ1) is 12.3. The summed E-state index contributed by atoms with van der Waals surface area (Å²) in [6.07, 6.45) is 1.45. The van der Waals surface area contributed by atoms with Crippen molar-refractivity contribution in [2.45, 2.75) is 36.9 Å². The third-order valence-electron chi connectivity index (χ3n) is 2.14. The topological polar surface area (TPSA) is 67.3 Å². The molecule has 0 aliphatic carbocycles. The summed E-state index contributed by atoms with van der Waals surface area (Å²) in [6, 6.07) is 0. The van der Waals surface area contributed by atoms with E-state index in [9.17, 15) is 0 Å². The fourth-order valence-corrected chi connectivity index (χ4v) is 2.78. The Hall–Kier alpha value is -1.14. The summed E-state index contributed by atoms with van der Waals surface area (Å²) in [4.78, 5) is 12.5. The van der Waals surface area contributed by atoms with E-state index in [4.69, 9.17) is 11.6 Å². The number of aryl methyl sites for hydroxylation is 1. The molecule has 0 saturated heterocycles. The molecular weight excluding hydrogens is 258 g/mol. The number of rotatable bonds is 3. The number of nitrogens with zero attached hydrogens (tertiary/aromatic N) is 4. The smallest absolute Gasteiger partial charge is 0.214 e. The van der Waals surface area contributed by atoms with Crippen LogP contribution in [0.15, 0.2) is 16.5 Å². The SMILES string of the molecule is Cc1nc(Sc2ncnc(Cl)c2C(C)C)n[nH]1. The van der Waals surface area contributed by atoms with E-state index in [1.54, 1.807) is 0 Å². The van der Waals surface area contributed by atoms with E-state index in [-0.39, 0.29) is 5.92 Å². The Balaban J connectivity index is 2.35. The zero-order valence-corrected chi connectivity index (χ0v) is 11.3. The van der Waals surface area contributed by atoms with Crippen molar-refractivity contribution in [3.05, 3.63) is 22.9 Å². The Morgan fingerprint density at radius 1 is 1.35 bits per heavy atom. The molecule has 17 heavy (non-hydrogen) atoms. The van der Waals surface area contributed by atoms with Crippen molar-refractivity contribution in [1.82, 2.24) is 25.1 Å². The van der Waals surface area contributed by atoms with E-state index in [1.807, 2.05) is 6.92 Å². The molecule has 2 aromatic heterocycles. The lowest BCUT2D eigenvalue weighted by molar-refractivity contribution is 0.801. The normalized spacial score (nSPS) is 11.1. The quantitative estimate of drug-likeness (QED) is 0.868. The van der Waals surface area contributed by atoms with Gasteiger partial charge in [-0.2, -0.15) is 0 Å². The Labute approximate surface area is 108 Å². The molecule has 2 aromatic rings. The average molecular weight is 270 g/mol. The standard InChI is InChI=1S/C10H12ClN5S/c1-5(2)7-8(11)12-4-13-9(7)17-10-14-6(3)15-16-10/h4-5H,1-3H3,(H,14,15,16). The maximum atomic E-state index is 6.08. The summed E-state index contributed by atoms with van der Waals surface area (Å²) in [5.74, 6) is 1.03. The minimum atomic E-state index is 0.256. The van der Waals surface area contributed by atoms with Gasteiger partial charge in [-0.1, -0.05) is 25.4 Å². The number of H-pyrrole nitrogens is 1. The number of aromatic amines is 1. The molecule has 0 atom stereocenters. The van der Waals surface area contributed by atoms with Crippen LogP contribution in [0.4, 0.5) is 0 Å². The molecule has 0 unspecified atom stereocenters. The van der Waals surface area contributed by atoms with Crippen molar-refractivity contribution in [3.8, 4) is 0 Å². The Bertz CT molecular complexity index is 525. The molecule has 0 fully saturated rings. The Kier molecular flexibility index (Phi) is 3.63. The summed E-state index contributed by atoms with van der Waals surface area (Å²) in [5.41, 5.74) is 0.932. The van der Waals surface area contributed by atoms with Gasteiger partial charge in [-0.3, -0.25) is 5.10 Å². The van der Waals surface area contributed by atoms with Gasteiger partial charge in [0.05, 0.1) is 0 Å². The van der Waals surface area contributed by atoms with E-state index in [0.717, 1.165) is 16.4 Å². The maximum Gasteiger partial charge on any atom is 0.214 e. The molecular formula is C10H12ClN5S. The van der Waals surface area contributed by atoms with Crippen molar-refractivity contribution in [1.29, 1.82) is 0 Å². The zero-order valence-electron chi connectivity index (χ0n) is 9.73. The first-order chi connectivity index (χ1) is 8.08. The highest BCUT2D eigenvalue weighted by atomic mass is 35.5. The molecule has 0 aromatic carbocycles. The van der Waals surface area contributed by atoms with Crippen LogP contribution in [-0.2, 0) is 0 Å². The lowest BCUT2D eigenvalue weighted by atomic mass is 10.1. The summed E-state index contributed by atoms with van der Waals surface area (Å²) in [5, 5.41) is 8.79. The van der Waals surface area contributed by atoms with E-state index in [0.29, 0.717) is 10.3 Å². The second kappa shape index (κ2) is 5.01. The second-order valence-electron chi connectivity index (χ2n) is 3.84. The molecule has 0 bridgehead atoms. The van der Waals surface area contributed by atoms with Gasteiger partial charge >= 0.3 is 0 Å². The number of halogens is 1. The van der Waals surface area contributed by atoms with E-state index >= 15 is 0 Å². The van der Waals surface area contributed by atoms with Gasteiger partial charge in [0.15, 0.2) is 0 Å². The number of hydrogen-bond acceptors (Lipinski definition) is 5. The molecule has 2 rings (SSSR count). The Morgan fingerprint density at radius 2 is 2.12 bits per heavy atom. The highest BCUT2D eigenvalue weighted by Gasteiger charge is 2.16. The minimum Gasteiger partial charge on any atom is -0.262 e. The third-order valence-corrected chi connectivity index (χ3v) is 3.33. The molecule has 0 aliphatic heterocycles. The van der Waals surface area contributed by atoms with Gasteiger partial charge in [-0.25, -0.2) is 15.0 Å². The van der Waals surface area contributed by atoms with Gasteiger partial charge in [0.1, 0.15) is 22.3 Å². The monoisotopic (exact) mass is 269 g/mol. The van der Waals surface area contributed by atoms with Gasteiger partial charge in [-0.05, 0) is 24.6 Å². The van der Waals surface area contributed by atoms with Crippen LogP contribution in [0.2, 0.25) is 5.15 Å². The first-order valence-electron chi connectivity index (χ1n) is 5.15. The number of aromatic nitrogens is 5. The van der Waals surface area contributed by atoms with Crippen LogP contribution in [0.25, 0.3) is 0 Å². The molecule has 0 amide bonds. The summed E-state index contributed by atoms with van der Waals surface area (Å²) in [7, 11) is 0. The second-order valence-corrected chi connectivity index (χ2v) is 5.16. The highest BCUT2D eigenvalue weighted by Crippen LogP contribution is 2.33. The molecule has 0 spiro atoms. The van der Waals surface area contributed by atoms with E-state index in [2.05, 4.69) is 39.0 Å².